The first-order valence-electron chi connectivity index (χ1n) is 3.71. The predicted molar refractivity (Wildman–Crippen MR) is 42.5 cm³/mol. The highest BCUT2D eigenvalue weighted by molar-refractivity contribution is 7.85. The molecule has 0 unspecified atom stereocenters. The Morgan fingerprint density at radius 2 is 2.08 bits per heavy atom. The minimum atomic E-state index is -3.46. The molecule has 2 atom stereocenters. The molecule has 0 saturated carbocycles. The van der Waals surface area contributed by atoms with Crippen molar-refractivity contribution in [3.8, 4) is 0 Å². The van der Waals surface area contributed by atoms with E-state index in [9.17, 15) is 8.42 Å². The minimum Gasteiger partial charge on any atom is -0.394 e. The third-order valence-corrected chi connectivity index (χ3v) is 2.17. The van der Waals surface area contributed by atoms with Crippen molar-refractivity contribution in [1.29, 1.82) is 0 Å². The molecule has 1 heterocycles. The second-order valence-electron chi connectivity index (χ2n) is 2.70. The molecule has 0 aliphatic carbocycles. The predicted octanol–water partition coefficient (Wildman–Crippen LogP) is -1.30. The zero-order valence-corrected chi connectivity index (χ0v) is 7.99. The van der Waals surface area contributed by atoms with Crippen LogP contribution in [0.4, 0.5) is 0 Å². The van der Waals surface area contributed by atoms with Gasteiger partial charge in [-0.1, -0.05) is 0 Å². The van der Waals surface area contributed by atoms with Gasteiger partial charge in [0.1, 0.15) is 19.0 Å². The molecule has 0 spiro atoms. The first-order valence-corrected chi connectivity index (χ1v) is 5.53. The van der Waals surface area contributed by atoms with Gasteiger partial charge in [0, 0.05) is 0 Å². The van der Waals surface area contributed by atoms with Gasteiger partial charge in [0.25, 0.3) is 10.1 Å². The first kappa shape index (κ1) is 10.9. The summed E-state index contributed by atoms with van der Waals surface area (Å²) in [6, 6.07) is 0. The topological polar surface area (TPSA) is 82.1 Å². The number of aliphatic hydroxyl groups is 1. The Morgan fingerprint density at radius 1 is 1.46 bits per heavy atom. The standard InChI is InChI=1S/C6H12O6S/c1-13(8,9)12-3-6-5(2-7)10-4-11-6/h5-7H,2-4H2,1H3/t5-,6-/m0/s1. The maximum Gasteiger partial charge on any atom is 0.264 e. The smallest absolute Gasteiger partial charge is 0.264 e. The summed E-state index contributed by atoms with van der Waals surface area (Å²) in [6.07, 6.45) is -0.0574. The van der Waals surface area contributed by atoms with Gasteiger partial charge < -0.3 is 14.6 Å². The maximum atomic E-state index is 10.6. The lowest BCUT2D eigenvalue weighted by Crippen LogP contribution is -2.31. The average molecular weight is 212 g/mol. The summed E-state index contributed by atoms with van der Waals surface area (Å²) in [4.78, 5) is 0. The minimum absolute atomic E-state index is 0.0585. The summed E-state index contributed by atoms with van der Waals surface area (Å²) in [5.74, 6) is 0. The van der Waals surface area contributed by atoms with Crippen molar-refractivity contribution >= 4 is 10.1 Å². The van der Waals surface area contributed by atoms with E-state index in [0.717, 1.165) is 6.26 Å². The van der Waals surface area contributed by atoms with E-state index in [1.807, 2.05) is 0 Å². The number of rotatable bonds is 4. The van der Waals surface area contributed by atoms with Gasteiger partial charge in [-0.2, -0.15) is 8.42 Å². The third-order valence-electron chi connectivity index (χ3n) is 1.61. The molecule has 1 saturated heterocycles. The Hall–Kier alpha value is -0.210. The molecule has 0 bridgehead atoms. The highest BCUT2D eigenvalue weighted by atomic mass is 32.2. The molecule has 6 nitrogen and oxygen atoms in total. The van der Waals surface area contributed by atoms with Gasteiger partial charge in [-0.15, -0.1) is 0 Å². The molecule has 13 heavy (non-hydrogen) atoms. The Bertz CT molecular complexity index is 248. The molecule has 1 aliphatic heterocycles. The van der Waals surface area contributed by atoms with Crippen LogP contribution in [0.1, 0.15) is 0 Å². The summed E-state index contributed by atoms with van der Waals surface area (Å²) in [5.41, 5.74) is 0. The molecule has 0 amide bonds. The van der Waals surface area contributed by atoms with E-state index in [-0.39, 0.29) is 20.0 Å². The highest BCUT2D eigenvalue weighted by Gasteiger charge is 2.29. The van der Waals surface area contributed by atoms with Crippen molar-refractivity contribution in [2.45, 2.75) is 12.2 Å². The quantitative estimate of drug-likeness (QED) is 0.583. The van der Waals surface area contributed by atoms with Crippen molar-refractivity contribution < 1.29 is 27.2 Å². The summed E-state index contributed by atoms with van der Waals surface area (Å²) in [7, 11) is -3.46. The SMILES string of the molecule is CS(=O)(=O)OC[C@@H]1OCO[C@H]1CO. The number of hydrogen-bond acceptors (Lipinski definition) is 6. The molecule has 7 heteroatoms. The Morgan fingerprint density at radius 3 is 2.62 bits per heavy atom. The number of hydrogen-bond donors (Lipinski definition) is 1. The second-order valence-corrected chi connectivity index (χ2v) is 4.34. The normalized spacial score (nSPS) is 29.4. The van der Waals surface area contributed by atoms with Crippen LogP contribution in [0.5, 0.6) is 0 Å². The molecule has 1 aliphatic rings. The van der Waals surface area contributed by atoms with Gasteiger partial charge in [0.05, 0.1) is 19.5 Å². The van der Waals surface area contributed by atoms with Crippen molar-refractivity contribution in [1.82, 2.24) is 0 Å². The van der Waals surface area contributed by atoms with Gasteiger partial charge in [0.2, 0.25) is 0 Å². The number of aliphatic hydroxyl groups excluding tert-OH is 1. The average Bonchev–Trinajstić information content (AvgIpc) is 2.46. The lowest BCUT2D eigenvalue weighted by molar-refractivity contribution is 0.0248. The first-order chi connectivity index (χ1) is 6.03. The Labute approximate surface area is 76.5 Å². The van der Waals surface area contributed by atoms with Crippen LogP contribution in [0.15, 0.2) is 0 Å². The Balaban J connectivity index is 2.36. The van der Waals surface area contributed by atoms with E-state index in [0.29, 0.717) is 0 Å². The molecule has 0 aromatic heterocycles. The van der Waals surface area contributed by atoms with Crippen LogP contribution in [0, 0.1) is 0 Å². The summed E-state index contributed by atoms with van der Waals surface area (Å²) in [6.45, 7) is -0.273. The largest absolute Gasteiger partial charge is 0.394 e. The van der Waals surface area contributed by atoms with E-state index in [1.54, 1.807) is 0 Å². The number of ether oxygens (including phenoxy) is 2. The van der Waals surface area contributed by atoms with E-state index in [4.69, 9.17) is 14.6 Å². The van der Waals surface area contributed by atoms with Crippen molar-refractivity contribution in [3.63, 3.8) is 0 Å². The van der Waals surface area contributed by atoms with E-state index in [1.165, 1.54) is 0 Å². The van der Waals surface area contributed by atoms with Crippen LogP contribution in [-0.4, -0.2) is 52.0 Å². The molecule has 0 radical (unpaired) electrons. The van der Waals surface area contributed by atoms with Gasteiger partial charge >= 0.3 is 0 Å². The molecule has 1 rings (SSSR count). The molecular formula is C6H12O6S. The van der Waals surface area contributed by atoms with Crippen molar-refractivity contribution in [2.75, 3.05) is 26.3 Å². The lowest BCUT2D eigenvalue weighted by Gasteiger charge is -2.13. The zero-order valence-electron chi connectivity index (χ0n) is 7.17. The van der Waals surface area contributed by atoms with Crippen LogP contribution in [-0.2, 0) is 23.8 Å². The van der Waals surface area contributed by atoms with Crippen LogP contribution >= 0.6 is 0 Å². The molecule has 1 fully saturated rings. The van der Waals surface area contributed by atoms with Gasteiger partial charge in [-0.3, -0.25) is 4.18 Å². The zero-order chi connectivity index (χ0) is 9.90. The second kappa shape index (κ2) is 4.34. The van der Waals surface area contributed by atoms with Crippen LogP contribution in [0.3, 0.4) is 0 Å². The van der Waals surface area contributed by atoms with Gasteiger partial charge in [0.15, 0.2) is 0 Å². The van der Waals surface area contributed by atoms with Crippen molar-refractivity contribution in [2.24, 2.45) is 0 Å². The lowest BCUT2D eigenvalue weighted by atomic mass is 10.2. The monoisotopic (exact) mass is 212 g/mol. The summed E-state index contributed by atoms with van der Waals surface area (Å²) in [5, 5.41) is 8.76. The fraction of sp³-hybridized carbons (Fsp3) is 1.00. The molecular weight excluding hydrogens is 200 g/mol. The maximum absolute atomic E-state index is 10.6. The van der Waals surface area contributed by atoms with Crippen LogP contribution < -0.4 is 0 Å². The van der Waals surface area contributed by atoms with E-state index in [2.05, 4.69) is 4.18 Å². The van der Waals surface area contributed by atoms with Crippen LogP contribution in [0.2, 0.25) is 0 Å². The fourth-order valence-corrected chi connectivity index (χ4v) is 1.33. The van der Waals surface area contributed by atoms with E-state index < -0.39 is 22.3 Å². The molecule has 0 aromatic rings. The van der Waals surface area contributed by atoms with E-state index >= 15 is 0 Å². The molecule has 1 N–H and O–H groups in total. The third kappa shape index (κ3) is 3.57. The van der Waals surface area contributed by atoms with Gasteiger partial charge in [-0.25, -0.2) is 0 Å². The summed E-state index contributed by atoms with van der Waals surface area (Å²) >= 11 is 0. The molecule has 78 valence electrons. The van der Waals surface area contributed by atoms with Gasteiger partial charge in [-0.05, 0) is 0 Å². The molecule has 0 aromatic carbocycles. The fourth-order valence-electron chi connectivity index (χ4n) is 0.945. The highest BCUT2D eigenvalue weighted by Crippen LogP contribution is 2.13. The van der Waals surface area contributed by atoms with Crippen LogP contribution in [0.25, 0.3) is 0 Å². The van der Waals surface area contributed by atoms with Crippen molar-refractivity contribution in [3.05, 3.63) is 0 Å². The Kier molecular flexibility index (Phi) is 3.63. The summed E-state index contributed by atoms with van der Waals surface area (Å²) < 4.78 is 35.6.